The van der Waals surface area contributed by atoms with Crippen LogP contribution in [0.4, 0.5) is 29.1 Å². The number of anilines is 2. The summed E-state index contributed by atoms with van der Waals surface area (Å²) in [6, 6.07) is 9.69. The van der Waals surface area contributed by atoms with Crippen LogP contribution in [-0.2, 0) is 19.0 Å². The topological polar surface area (TPSA) is 49.8 Å². The fourth-order valence-electron chi connectivity index (χ4n) is 4.13. The van der Waals surface area contributed by atoms with Crippen molar-refractivity contribution in [2.45, 2.75) is 45.2 Å². The summed E-state index contributed by atoms with van der Waals surface area (Å²) in [5.74, 6) is 0.00402. The number of aryl methyl sites for hydroxylation is 1. The number of hydrogen-bond acceptors (Lipinski definition) is 4. The summed E-state index contributed by atoms with van der Waals surface area (Å²) in [5, 5.41) is 6.42. The molecule has 4 rings (SSSR count). The molecule has 1 aromatic heterocycles. The lowest BCUT2D eigenvalue weighted by atomic mass is 9.95. The normalized spacial score (nSPS) is 13.3. The first-order valence-corrected chi connectivity index (χ1v) is 11.3. The summed E-state index contributed by atoms with van der Waals surface area (Å²) in [4.78, 5) is 9.03. The van der Waals surface area contributed by atoms with Crippen molar-refractivity contribution in [3.8, 4) is 11.4 Å². The highest BCUT2D eigenvalue weighted by molar-refractivity contribution is 5.82. The van der Waals surface area contributed by atoms with Crippen molar-refractivity contribution < 1.29 is 17.6 Å². The third-order valence-electron chi connectivity index (χ3n) is 5.80. The second kappa shape index (κ2) is 9.83. The lowest BCUT2D eigenvalue weighted by Gasteiger charge is -2.22. The van der Waals surface area contributed by atoms with E-state index in [4.69, 9.17) is 0 Å². The number of alkyl halides is 3. The number of rotatable bonds is 7. The number of nitrogens with zero attached hydrogens (tertiary/aromatic N) is 2. The highest BCUT2D eigenvalue weighted by atomic mass is 19.4. The summed E-state index contributed by atoms with van der Waals surface area (Å²) < 4.78 is 55.0. The maximum atomic E-state index is 14.1. The molecule has 4 nitrogen and oxygen atoms in total. The SMILES string of the molecule is C=C(Nc1nc(-c2ccccc2C(F)(F)F)nc2c1CCCC2)c1cc(F)ccc1NCCC. The van der Waals surface area contributed by atoms with Gasteiger partial charge in [-0.1, -0.05) is 31.7 Å². The summed E-state index contributed by atoms with van der Waals surface area (Å²) in [5.41, 5.74) is 2.38. The lowest BCUT2D eigenvalue weighted by molar-refractivity contribution is -0.137. The maximum Gasteiger partial charge on any atom is 0.417 e. The van der Waals surface area contributed by atoms with Gasteiger partial charge in [0.05, 0.1) is 5.56 Å². The van der Waals surface area contributed by atoms with Crippen molar-refractivity contribution in [3.63, 3.8) is 0 Å². The highest BCUT2D eigenvalue weighted by Gasteiger charge is 2.34. The molecular weight excluding hydrogens is 444 g/mol. The van der Waals surface area contributed by atoms with E-state index in [1.165, 1.54) is 30.3 Å². The molecule has 0 fully saturated rings. The molecule has 3 aromatic rings. The van der Waals surface area contributed by atoms with Gasteiger partial charge in [0.25, 0.3) is 0 Å². The molecule has 2 aromatic carbocycles. The zero-order valence-corrected chi connectivity index (χ0v) is 18.9. The van der Waals surface area contributed by atoms with E-state index in [1.54, 1.807) is 6.07 Å². The molecule has 1 aliphatic carbocycles. The molecular formula is C26H26F4N4. The van der Waals surface area contributed by atoms with E-state index in [1.807, 2.05) is 6.92 Å². The van der Waals surface area contributed by atoms with Crippen molar-refractivity contribution in [1.29, 1.82) is 0 Å². The van der Waals surface area contributed by atoms with Crippen molar-refractivity contribution in [2.24, 2.45) is 0 Å². The van der Waals surface area contributed by atoms with Crippen molar-refractivity contribution in [3.05, 3.63) is 77.2 Å². The molecule has 2 N–H and O–H groups in total. The van der Waals surface area contributed by atoms with E-state index in [-0.39, 0.29) is 11.4 Å². The van der Waals surface area contributed by atoms with Crippen molar-refractivity contribution in [1.82, 2.24) is 9.97 Å². The van der Waals surface area contributed by atoms with Crippen LogP contribution in [0.25, 0.3) is 17.1 Å². The van der Waals surface area contributed by atoms with Crippen LogP contribution in [0.3, 0.4) is 0 Å². The monoisotopic (exact) mass is 470 g/mol. The molecule has 0 atom stereocenters. The summed E-state index contributed by atoms with van der Waals surface area (Å²) in [7, 11) is 0. The maximum absolute atomic E-state index is 14.1. The molecule has 34 heavy (non-hydrogen) atoms. The third kappa shape index (κ3) is 5.05. The number of benzene rings is 2. The molecule has 0 bridgehead atoms. The molecule has 0 saturated carbocycles. The summed E-state index contributed by atoms with van der Waals surface area (Å²) in [6.45, 7) is 6.81. The Balaban J connectivity index is 1.77. The number of fused-ring (bicyclic) bond motifs is 1. The summed E-state index contributed by atoms with van der Waals surface area (Å²) in [6.07, 6.45) is -0.453. The van der Waals surface area contributed by atoms with Crippen LogP contribution >= 0.6 is 0 Å². The smallest absolute Gasteiger partial charge is 0.385 e. The van der Waals surface area contributed by atoms with E-state index >= 15 is 0 Å². The lowest BCUT2D eigenvalue weighted by Crippen LogP contribution is -2.15. The number of aromatic nitrogens is 2. The molecule has 1 aliphatic rings. The van der Waals surface area contributed by atoms with Gasteiger partial charge >= 0.3 is 6.18 Å². The zero-order chi connectivity index (χ0) is 24.3. The molecule has 178 valence electrons. The van der Waals surface area contributed by atoms with Crippen LogP contribution < -0.4 is 10.6 Å². The molecule has 0 unspecified atom stereocenters. The first kappa shape index (κ1) is 23.7. The number of nitrogens with one attached hydrogen (secondary N) is 2. The quantitative estimate of drug-likeness (QED) is 0.362. The number of halogens is 4. The van der Waals surface area contributed by atoms with Gasteiger partial charge < -0.3 is 10.6 Å². The van der Waals surface area contributed by atoms with Gasteiger partial charge in [0.1, 0.15) is 11.6 Å². The first-order chi connectivity index (χ1) is 16.3. The average molecular weight is 471 g/mol. The second-order valence-corrected chi connectivity index (χ2v) is 8.29. The van der Waals surface area contributed by atoms with Gasteiger partial charge in [0.2, 0.25) is 0 Å². The Morgan fingerprint density at radius 3 is 2.59 bits per heavy atom. The van der Waals surface area contributed by atoms with Gasteiger partial charge in [-0.2, -0.15) is 13.2 Å². The van der Waals surface area contributed by atoms with Crippen LogP contribution in [0.2, 0.25) is 0 Å². The van der Waals surface area contributed by atoms with Gasteiger partial charge in [-0.3, -0.25) is 0 Å². The Morgan fingerprint density at radius 2 is 1.82 bits per heavy atom. The Kier molecular flexibility index (Phi) is 6.86. The van der Waals surface area contributed by atoms with E-state index in [2.05, 4.69) is 27.2 Å². The zero-order valence-electron chi connectivity index (χ0n) is 18.9. The Bertz CT molecular complexity index is 1200. The molecule has 0 saturated heterocycles. The number of hydrogen-bond donors (Lipinski definition) is 2. The molecule has 1 heterocycles. The largest absolute Gasteiger partial charge is 0.417 e. The Hall–Kier alpha value is -3.42. The molecule has 0 amide bonds. The molecule has 0 aliphatic heterocycles. The second-order valence-electron chi connectivity index (χ2n) is 8.29. The first-order valence-electron chi connectivity index (χ1n) is 11.3. The molecule has 0 spiro atoms. The van der Waals surface area contributed by atoms with Gasteiger partial charge in [-0.25, -0.2) is 14.4 Å². The van der Waals surface area contributed by atoms with Crippen LogP contribution in [0.1, 0.15) is 48.6 Å². The van der Waals surface area contributed by atoms with E-state index in [9.17, 15) is 17.6 Å². The third-order valence-corrected chi connectivity index (χ3v) is 5.80. The fourth-order valence-corrected chi connectivity index (χ4v) is 4.13. The van der Waals surface area contributed by atoms with Gasteiger partial charge in [0.15, 0.2) is 5.82 Å². The van der Waals surface area contributed by atoms with E-state index in [0.29, 0.717) is 42.2 Å². The molecule has 0 radical (unpaired) electrons. The Labute approximate surface area is 196 Å². The van der Waals surface area contributed by atoms with Crippen LogP contribution in [0, 0.1) is 5.82 Å². The predicted octanol–water partition coefficient (Wildman–Crippen LogP) is 7.09. The highest BCUT2D eigenvalue weighted by Crippen LogP contribution is 2.38. The van der Waals surface area contributed by atoms with Crippen LogP contribution in [0.5, 0.6) is 0 Å². The fraction of sp³-hybridized carbons (Fsp3) is 0.308. The van der Waals surface area contributed by atoms with E-state index < -0.39 is 17.6 Å². The standard InChI is InChI=1S/C26H26F4N4/c1-3-14-31-22-13-12-17(27)15-20(22)16(2)32-25-19-9-5-7-11-23(19)33-24(34-25)18-8-4-6-10-21(18)26(28,29)30/h4,6,8,10,12-13,15,31H,2-3,5,7,9,11,14H2,1H3,(H,32,33,34). The van der Waals surface area contributed by atoms with Crippen LogP contribution in [0.15, 0.2) is 49.0 Å². The van der Waals surface area contributed by atoms with Crippen LogP contribution in [-0.4, -0.2) is 16.5 Å². The van der Waals surface area contributed by atoms with Gasteiger partial charge in [-0.05, 0) is 56.4 Å². The molecule has 8 heteroatoms. The van der Waals surface area contributed by atoms with Gasteiger partial charge in [-0.15, -0.1) is 0 Å². The van der Waals surface area contributed by atoms with Crippen molar-refractivity contribution >= 4 is 17.2 Å². The minimum atomic E-state index is -4.53. The summed E-state index contributed by atoms with van der Waals surface area (Å²) >= 11 is 0. The van der Waals surface area contributed by atoms with E-state index in [0.717, 1.165) is 36.6 Å². The minimum absolute atomic E-state index is 0.00690. The predicted molar refractivity (Wildman–Crippen MR) is 127 cm³/mol. The Morgan fingerprint density at radius 1 is 1.06 bits per heavy atom. The van der Waals surface area contributed by atoms with Gasteiger partial charge in [0, 0.05) is 40.3 Å². The van der Waals surface area contributed by atoms with Crippen molar-refractivity contribution in [2.75, 3.05) is 17.2 Å². The minimum Gasteiger partial charge on any atom is -0.385 e. The average Bonchev–Trinajstić information content (AvgIpc) is 2.82.